The zero-order chi connectivity index (χ0) is 11.5. The van der Waals surface area contributed by atoms with E-state index in [4.69, 9.17) is 5.11 Å². The monoisotopic (exact) mass is 216 g/mol. The van der Waals surface area contributed by atoms with E-state index in [1.807, 2.05) is 37.3 Å². The van der Waals surface area contributed by atoms with Crippen molar-refractivity contribution in [1.29, 1.82) is 0 Å². The van der Waals surface area contributed by atoms with Gasteiger partial charge < -0.3 is 5.11 Å². The fourth-order valence-electron chi connectivity index (χ4n) is 1.77. The molecule has 0 aliphatic rings. The van der Waals surface area contributed by atoms with Crippen LogP contribution in [-0.2, 0) is 6.61 Å². The molecule has 2 rings (SSSR count). The molecule has 0 unspecified atom stereocenters. The summed E-state index contributed by atoms with van der Waals surface area (Å²) in [4.78, 5) is 0. The molecule has 0 amide bonds. The van der Waals surface area contributed by atoms with Gasteiger partial charge in [0.2, 0.25) is 0 Å². The lowest BCUT2D eigenvalue weighted by Crippen LogP contribution is -1.93. The molecule has 1 N–H and O–H groups in total. The maximum absolute atomic E-state index is 13.4. The topological polar surface area (TPSA) is 20.2 Å². The molecule has 0 aliphatic heterocycles. The summed E-state index contributed by atoms with van der Waals surface area (Å²) in [5, 5.41) is 9.04. The van der Waals surface area contributed by atoms with E-state index in [1.54, 1.807) is 6.07 Å². The van der Waals surface area contributed by atoms with Gasteiger partial charge in [-0.2, -0.15) is 0 Å². The Bertz CT molecular complexity index is 492. The number of hydrogen-bond donors (Lipinski definition) is 1. The molecule has 0 aliphatic carbocycles. The quantitative estimate of drug-likeness (QED) is 0.816. The van der Waals surface area contributed by atoms with E-state index >= 15 is 0 Å². The summed E-state index contributed by atoms with van der Waals surface area (Å²) >= 11 is 0. The SMILES string of the molecule is Cc1cc(F)c(CO)cc1-c1ccccc1. The molecule has 0 bridgehead atoms. The van der Waals surface area contributed by atoms with Gasteiger partial charge >= 0.3 is 0 Å². The van der Waals surface area contributed by atoms with Gasteiger partial charge in [-0.25, -0.2) is 4.39 Å². The van der Waals surface area contributed by atoms with Crippen LogP contribution in [0.2, 0.25) is 0 Å². The Hall–Kier alpha value is -1.67. The second-order valence-electron chi connectivity index (χ2n) is 3.78. The van der Waals surface area contributed by atoms with E-state index in [2.05, 4.69) is 0 Å². The van der Waals surface area contributed by atoms with E-state index in [-0.39, 0.29) is 12.4 Å². The van der Waals surface area contributed by atoms with Crippen molar-refractivity contribution in [2.45, 2.75) is 13.5 Å². The van der Waals surface area contributed by atoms with Crippen LogP contribution >= 0.6 is 0 Å². The third-order valence-electron chi connectivity index (χ3n) is 2.65. The molecule has 2 aromatic rings. The lowest BCUT2D eigenvalue weighted by atomic mass is 9.98. The Balaban J connectivity index is 2.57. The molecular weight excluding hydrogens is 203 g/mol. The van der Waals surface area contributed by atoms with Gasteiger partial charge in [0.25, 0.3) is 0 Å². The second kappa shape index (κ2) is 4.45. The fraction of sp³-hybridized carbons (Fsp3) is 0.143. The van der Waals surface area contributed by atoms with E-state index in [9.17, 15) is 4.39 Å². The van der Waals surface area contributed by atoms with Crippen molar-refractivity contribution >= 4 is 0 Å². The van der Waals surface area contributed by atoms with Crippen molar-refractivity contribution in [3.8, 4) is 11.1 Å². The number of aryl methyl sites for hydroxylation is 1. The van der Waals surface area contributed by atoms with Crippen LogP contribution in [0.4, 0.5) is 4.39 Å². The van der Waals surface area contributed by atoms with Crippen molar-refractivity contribution in [3.63, 3.8) is 0 Å². The number of benzene rings is 2. The zero-order valence-electron chi connectivity index (χ0n) is 9.07. The van der Waals surface area contributed by atoms with Gasteiger partial charge in [-0.3, -0.25) is 0 Å². The van der Waals surface area contributed by atoms with Gasteiger partial charge in [-0.1, -0.05) is 30.3 Å². The maximum atomic E-state index is 13.4. The van der Waals surface area contributed by atoms with Crippen molar-refractivity contribution in [1.82, 2.24) is 0 Å². The first-order valence-corrected chi connectivity index (χ1v) is 5.17. The molecule has 0 spiro atoms. The van der Waals surface area contributed by atoms with E-state index in [1.165, 1.54) is 6.07 Å². The third kappa shape index (κ3) is 1.97. The van der Waals surface area contributed by atoms with Crippen LogP contribution in [-0.4, -0.2) is 5.11 Å². The van der Waals surface area contributed by atoms with E-state index in [0.29, 0.717) is 5.56 Å². The van der Waals surface area contributed by atoms with Crippen molar-refractivity contribution in [2.24, 2.45) is 0 Å². The predicted octanol–water partition coefficient (Wildman–Crippen LogP) is 3.29. The highest BCUT2D eigenvalue weighted by Crippen LogP contribution is 2.26. The van der Waals surface area contributed by atoms with E-state index < -0.39 is 0 Å². The number of aliphatic hydroxyl groups excluding tert-OH is 1. The third-order valence-corrected chi connectivity index (χ3v) is 2.65. The Kier molecular flexibility index (Phi) is 3.02. The molecule has 82 valence electrons. The van der Waals surface area contributed by atoms with Crippen molar-refractivity contribution in [2.75, 3.05) is 0 Å². The summed E-state index contributed by atoms with van der Waals surface area (Å²) in [6.45, 7) is 1.60. The Morgan fingerprint density at radius 2 is 1.81 bits per heavy atom. The van der Waals surface area contributed by atoms with Gasteiger partial charge in [0.05, 0.1) is 6.61 Å². The van der Waals surface area contributed by atoms with Crippen LogP contribution in [0.25, 0.3) is 11.1 Å². The predicted molar refractivity (Wildman–Crippen MR) is 62.5 cm³/mol. The molecule has 0 radical (unpaired) electrons. The minimum absolute atomic E-state index is 0.272. The minimum Gasteiger partial charge on any atom is -0.392 e. The largest absolute Gasteiger partial charge is 0.392 e. The molecule has 0 saturated carbocycles. The zero-order valence-corrected chi connectivity index (χ0v) is 9.07. The normalized spacial score (nSPS) is 10.4. The summed E-state index contributed by atoms with van der Waals surface area (Å²) in [6.07, 6.45) is 0. The van der Waals surface area contributed by atoms with Crippen molar-refractivity contribution < 1.29 is 9.50 Å². The van der Waals surface area contributed by atoms with Gasteiger partial charge in [0.1, 0.15) is 5.82 Å². The number of hydrogen-bond acceptors (Lipinski definition) is 1. The molecule has 0 fully saturated rings. The summed E-state index contributed by atoms with van der Waals surface area (Å²) in [7, 11) is 0. The molecule has 0 atom stereocenters. The van der Waals surface area contributed by atoms with Crippen LogP contribution in [0.15, 0.2) is 42.5 Å². The van der Waals surface area contributed by atoms with Crippen molar-refractivity contribution in [3.05, 3.63) is 59.4 Å². The lowest BCUT2D eigenvalue weighted by Gasteiger charge is -2.09. The molecule has 0 saturated heterocycles. The number of halogens is 1. The summed E-state index contributed by atoms with van der Waals surface area (Å²) in [5.74, 6) is -0.348. The summed E-state index contributed by atoms with van der Waals surface area (Å²) in [6, 6.07) is 12.9. The van der Waals surface area contributed by atoms with E-state index in [0.717, 1.165) is 16.7 Å². The standard InChI is InChI=1S/C14H13FO/c1-10-7-14(15)12(9-16)8-13(10)11-5-3-2-4-6-11/h2-8,16H,9H2,1H3. The fourth-order valence-corrected chi connectivity index (χ4v) is 1.77. The molecule has 0 heterocycles. The average Bonchev–Trinajstić information content (AvgIpc) is 2.30. The minimum atomic E-state index is -0.348. The lowest BCUT2D eigenvalue weighted by molar-refractivity contribution is 0.276. The van der Waals surface area contributed by atoms with Gasteiger partial charge in [-0.05, 0) is 35.7 Å². The highest BCUT2D eigenvalue weighted by atomic mass is 19.1. The first-order chi connectivity index (χ1) is 7.72. The second-order valence-corrected chi connectivity index (χ2v) is 3.78. The highest BCUT2D eigenvalue weighted by Gasteiger charge is 2.07. The van der Waals surface area contributed by atoms with Crippen LogP contribution in [0, 0.1) is 12.7 Å². The number of rotatable bonds is 2. The van der Waals surface area contributed by atoms with Gasteiger partial charge in [0.15, 0.2) is 0 Å². The van der Waals surface area contributed by atoms with Crippen LogP contribution < -0.4 is 0 Å². The van der Waals surface area contributed by atoms with Crippen LogP contribution in [0.1, 0.15) is 11.1 Å². The first kappa shape index (κ1) is 10.8. The number of aliphatic hydroxyl groups is 1. The Morgan fingerprint density at radius 1 is 1.12 bits per heavy atom. The first-order valence-electron chi connectivity index (χ1n) is 5.17. The molecule has 2 aromatic carbocycles. The van der Waals surface area contributed by atoms with Gasteiger partial charge in [0, 0.05) is 5.56 Å². The summed E-state index contributed by atoms with van der Waals surface area (Å²) < 4.78 is 13.4. The smallest absolute Gasteiger partial charge is 0.129 e. The van der Waals surface area contributed by atoms with Gasteiger partial charge in [-0.15, -0.1) is 0 Å². The van der Waals surface area contributed by atoms with Crippen LogP contribution in [0.3, 0.4) is 0 Å². The summed E-state index contributed by atoms with van der Waals surface area (Å²) in [5.41, 5.74) is 3.21. The molecule has 1 nitrogen and oxygen atoms in total. The Morgan fingerprint density at radius 3 is 2.44 bits per heavy atom. The average molecular weight is 216 g/mol. The molecular formula is C14H13FO. The molecule has 16 heavy (non-hydrogen) atoms. The molecule has 0 aromatic heterocycles. The highest BCUT2D eigenvalue weighted by molar-refractivity contribution is 5.67. The maximum Gasteiger partial charge on any atom is 0.129 e. The Labute approximate surface area is 94.2 Å². The molecule has 2 heteroatoms. The van der Waals surface area contributed by atoms with Crippen LogP contribution in [0.5, 0.6) is 0 Å².